The molecule has 8 nitrogen and oxygen atoms in total. The molecule has 214 valence electrons. The Morgan fingerprint density at radius 3 is 2.17 bits per heavy atom. The third-order valence-electron chi connectivity index (χ3n) is 6.72. The first-order chi connectivity index (χ1) is 19.0. The summed E-state index contributed by atoms with van der Waals surface area (Å²) in [5, 5.41) is 2.85. The highest BCUT2D eigenvalue weighted by molar-refractivity contribution is 7.92. The third kappa shape index (κ3) is 7.38. The molecule has 0 unspecified atom stereocenters. The maximum atomic E-state index is 14.6. The van der Waals surface area contributed by atoms with E-state index in [9.17, 15) is 22.4 Å². The highest BCUT2D eigenvalue weighted by Crippen LogP contribution is 2.27. The van der Waals surface area contributed by atoms with Gasteiger partial charge < -0.3 is 15.0 Å². The van der Waals surface area contributed by atoms with Crippen LogP contribution in [0.1, 0.15) is 38.3 Å². The summed E-state index contributed by atoms with van der Waals surface area (Å²) >= 11 is 0. The van der Waals surface area contributed by atoms with Gasteiger partial charge in [-0.05, 0) is 69.7 Å². The van der Waals surface area contributed by atoms with Crippen molar-refractivity contribution in [2.75, 3.05) is 18.0 Å². The van der Waals surface area contributed by atoms with Crippen molar-refractivity contribution >= 4 is 27.5 Å². The van der Waals surface area contributed by atoms with E-state index in [1.165, 1.54) is 54.5 Å². The second kappa shape index (κ2) is 13.4. The van der Waals surface area contributed by atoms with Crippen LogP contribution in [-0.2, 0) is 26.2 Å². The molecular formula is C30H36FN3O5S. The van der Waals surface area contributed by atoms with Crippen LogP contribution in [0.4, 0.5) is 10.1 Å². The number of sulfonamides is 1. The van der Waals surface area contributed by atoms with Gasteiger partial charge in [-0.15, -0.1) is 0 Å². The average molecular weight is 570 g/mol. The summed E-state index contributed by atoms with van der Waals surface area (Å²) in [7, 11) is -2.71. The summed E-state index contributed by atoms with van der Waals surface area (Å²) < 4.78 is 48.5. The molecule has 40 heavy (non-hydrogen) atoms. The normalized spacial score (nSPS) is 12.8. The number of aryl methyl sites for hydroxylation is 1. The fraction of sp³-hybridized carbons (Fsp3) is 0.333. The Balaban J connectivity index is 2.04. The van der Waals surface area contributed by atoms with Crippen LogP contribution in [0.2, 0.25) is 0 Å². The minimum atomic E-state index is -4.20. The summed E-state index contributed by atoms with van der Waals surface area (Å²) in [6.07, 6.45) is 0.680. The number of hydrogen-bond acceptors (Lipinski definition) is 5. The Bertz CT molecular complexity index is 1410. The van der Waals surface area contributed by atoms with Gasteiger partial charge in [0.1, 0.15) is 24.2 Å². The first-order valence-corrected chi connectivity index (χ1v) is 14.5. The molecule has 3 aromatic rings. The Labute approximate surface area is 235 Å². The number of halogens is 1. The highest BCUT2D eigenvalue weighted by atomic mass is 32.2. The number of nitrogens with zero attached hydrogens (tertiary/aromatic N) is 2. The van der Waals surface area contributed by atoms with Gasteiger partial charge in [-0.25, -0.2) is 12.8 Å². The van der Waals surface area contributed by atoms with Crippen molar-refractivity contribution in [1.82, 2.24) is 10.2 Å². The first kappa shape index (κ1) is 30.6. The minimum absolute atomic E-state index is 0.00457. The van der Waals surface area contributed by atoms with E-state index in [-0.39, 0.29) is 28.7 Å². The SMILES string of the molecule is CC[C@@H](C)NC(=O)[C@H](C)N(Cc1ccccc1F)C(=O)CN(c1ccc(OC)cc1)S(=O)(=O)c1ccc(C)cc1. The van der Waals surface area contributed by atoms with Crippen molar-refractivity contribution in [3.05, 3.63) is 89.7 Å². The zero-order valence-electron chi connectivity index (χ0n) is 23.4. The zero-order chi connectivity index (χ0) is 29.4. The zero-order valence-corrected chi connectivity index (χ0v) is 24.2. The Kier molecular flexibility index (Phi) is 10.3. The molecule has 0 saturated carbocycles. The van der Waals surface area contributed by atoms with Crippen LogP contribution < -0.4 is 14.4 Å². The van der Waals surface area contributed by atoms with Crippen molar-refractivity contribution < 1.29 is 27.1 Å². The van der Waals surface area contributed by atoms with Gasteiger partial charge in [0.05, 0.1) is 17.7 Å². The van der Waals surface area contributed by atoms with Gasteiger partial charge in [0, 0.05) is 18.2 Å². The van der Waals surface area contributed by atoms with Gasteiger partial charge >= 0.3 is 0 Å². The van der Waals surface area contributed by atoms with Crippen LogP contribution in [0.25, 0.3) is 0 Å². The smallest absolute Gasteiger partial charge is 0.264 e. The van der Waals surface area contributed by atoms with Gasteiger partial charge in [0.15, 0.2) is 0 Å². The van der Waals surface area contributed by atoms with E-state index in [0.29, 0.717) is 12.2 Å². The number of anilines is 1. The van der Waals surface area contributed by atoms with E-state index in [1.54, 1.807) is 37.3 Å². The maximum absolute atomic E-state index is 14.6. The number of rotatable bonds is 12. The molecule has 0 spiro atoms. The maximum Gasteiger partial charge on any atom is 0.264 e. The fourth-order valence-electron chi connectivity index (χ4n) is 3.97. The van der Waals surface area contributed by atoms with E-state index >= 15 is 0 Å². The van der Waals surface area contributed by atoms with Crippen LogP contribution in [0.5, 0.6) is 5.75 Å². The predicted octanol–water partition coefficient (Wildman–Crippen LogP) is 4.67. The standard InChI is InChI=1S/C30H36FN3O5S/c1-6-22(3)32-30(36)23(4)33(19-24-9-7-8-10-28(24)31)29(35)20-34(25-13-15-26(39-5)16-14-25)40(37,38)27-17-11-21(2)12-18-27/h7-18,22-23H,6,19-20H2,1-5H3,(H,32,36)/t22-,23+/m1/s1. The van der Waals surface area contributed by atoms with E-state index in [1.807, 2.05) is 20.8 Å². The largest absolute Gasteiger partial charge is 0.497 e. The van der Waals surface area contributed by atoms with Crippen molar-refractivity contribution in [2.24, 2.45) is 0 Å². The molecule has 0 bridgehead atoms. The molecule has 0 heterocycles. The lowest BCUT2D eigenvalue weighted by atomic mass is 10.1. The summed E-state index contributed by atoms with van der Waals surface area (Å²) in [5.41, 5.74) is 1.32. The third-order valence-corrected chi connectivity index (χ3v) is 8.50. The number of methoxy groups -OCH3 is 1. The van der Waals surface area contributed by atoms with Gasteiger partial charge in [-0.2, -0.15) is 0 Å². The van der Waals surface area contributed by atoms with Crippen LogP contribution in [0.3, 0.4) is 0 Å². The lowest BCUT2D eigenvalue weighted by Crippen LogP contribution is -2.52. The lowest BCUT2D eigenvalue weighted by Gasteiger charge is -2.32. The summed E-state index contributed by atoms with van der Waals surface area (Å²) in [6, 6.07) is 17.4. The van der Waals surface area contributed by atoms with E-state index in [0.717, 1.165) is 9.87 Å². The van der Waals surface area contributed by atoms with Crippen molar-refractivity contribution in [3.63, 3.8) is 0 Å². The molecule has 10 heteroatoms. The number of benzene rings is 3. The van der Waals surface area contributed by atoms with Crippen molar-refractivity contribution in [2.45, 2.75) is 57.6 Å². The van der Waals surface area contributed by atoms with Crippen LogP contribution in [0.15, 0.2) is 77.7 Å². The molecule has 0 aliphatic carbocycles. The summed E-state index contributed by atoms with van der Waals surface area (Å²) in [5.74, 6) is -1.11. The topological polar surface area (TPSA) is 96.0 Å². The first-order valence-electron chi connectivity index (χ1n) is 13.0. The van der Waals surface area contributed by atoms with Gasteiger partial charge in [-0.1, -0.05) is 42.8 Å². The number of ether oxygens (including phenoxy) is 1. The quantitative estimate of drug-likeness (QED) is 0.342. The van der Waals surface area contributed by atoms with Crippen LogP contribution in [-0.4, -0.2) is 50.9 Å². The number of carbonyl (C=O) groups excluding carboxylic acids is 2. The molecule has 0 aromatic heterocycles. The molecular weight excluding hydrogens is 533 g/mol. The molecule has 0 aliphatic rings. The molecule has 2 amide bonds. The van der Waals surface area contributed by atoms with Crippen LogP contribution >= 0.6 is 0 Å². The fourth-order valence-corrected chi connectivity index (χ4v) is 5.39. The number of nitrogens with one attached hydrogen (secondary N) is 1. The Morgan fingerprint density at radius 2 is 1.60 bits per heavy atom. The highest BCUT2D eigenvalue weighted by Gasteiger charge is 2.33. The molecule has 0 fully saturated rings. The van der Waals surface area contributed by atoms with Crippen molar-refractivity contribution in [1.29, 1.82) is 0 Å². The second-order valence-electron chi connectivity index (χ2n) is 9.63. The molecule has 0 saturated heterocycles. The van der Waals surface area contributed by atoms with Crippen molar-refractivity contribution in [3.8, 4) is 5.75 Å². The Hall–Kier alpha value is -3.92. The van der Waals surface area contributed by atoms with E-state index < -0.39 is 40.2 Å². The van der Waals surface area contributed by atoms with E-state index in [2.05, 4.69) is 5.32 Å². The molecule has 2 atom stereocenters. The predicted molar refractivity (Wildman–Crippen MR) is 153 cm³/mol. The minimum Gasteiger partial charge on any atom is -0.497 e. The molecule has 3 aromatic carbocycles. The van der Waals surface area contributed by atoms with E-state index in [4.69, 9.17) is 4.74 Å². The van der Waals surface area contributed by atoms with Gasteiger partial charge in [0.2, 0.25) is 11.8 Å². The Morgan fingerprint density at radius 1 is 0.975 bits per heavy atom. The number of amides is 2. The molecule has 0 radical (unpaired) electrons. The molecule has 3 rings (SSSR count). The molecule has 1 N–H and O–H groups in total. The summed E-state index contributed by atoms with van der Waals surface area (Å²) in [6.45, 7) is 6.31. The van der Waals surface area contributed by atoms with Gasteiger partial charge in [-0.3, -0.25) is 13.9 Å². The number of carbonyl (C=O) groups is 2. The monoisotopic (exact) mass is 569 g/mol. The van der Waals surface area contributed by atoms with Crippen LogP contribution in [0, 0.1) is 12.7 Å². The molecule has 0 aliphatic heterocycles. The van der Waals surface area contributed by atoms with Gasteiger partial charge in [0.25, 0.3) is 10.0 Å². The number of hydrogen-bond donors (Lipinski definition) is 1. The second-order valence-corrected chi connectivity index (χ2v) is 11.5. The average Bonchev–Trinajstić information content (AvgIpc) is 2.95. The lowest BCUT2D eigenvalue weighted by molar-refractivity contribution is -0.139. The summed E-state index contributed by atoms with van der Waals surface area (Å²) in [4.78, 5) is 28.2.